The van der Waals surface area contributed by atoms with E-state index in [0.717, 1.165) is 21.0 Å². The summed E-state index contributed by atoms with van der Waals surface area (Å²) in [5.74, 6) is -1.34. The fraction of sp³-hybridized carbons (Fsp3) is 0.304. The van der Waals surface area contributed by atoms with Crippen molar-refractivity contribution in [2.75, 3.05) is 7.11 Å². The minimum atomic E-state index is -0.627. The number of ether oxygens (including phenoxy) is 1. The molecule has 2 aromatic rings. The summed E-state index contributed by atoms with van der Waals surface area (Å²) < 4.78 is 5.05. The first kappa shape index (κ1) is 19.9. The maximum absolute atomic E-state index is 13.4. The van der Waals surface area contributed by atoms with Gasteiger partial charge in [-0.15, -0.1) is 11.3 Å². The molecule has 1 aliphatic heterocycles. The quantitative estimate of drug-likeness (QED) is 0.692. The average molecular weight is 428 g/mol. The summed E-state index contributed by atoms with van der Waals surface area (Å²) in [5, 5.41) is 3.93. The molecule has 4 nitrogen and oxygen atoms in total. The summed E-state index contributed by atoms with van der Waals surface area (Å²) in [7, 11) is 1.37. The minimum absolute atomic E-state index is 0.00403. The largest absolute Gasteiger partial charge is 0.468 e. The van der Waals surface area contributed by atoms with Gasteiger partial charge in [0.15, 0.2) is 5.78 Å². The van der Waals surface area contributed by atoms with Gasteiger partial charge in [-0.25, -0.2) is 0 Å². The molecule has 0 saturated carbocycles. The number of benzene rings is 1. The molecule has 2 aliphatic rings. The second kappa shape index (κ2) is 7.81. The molecule has 1 aliphatic carbocycles. The van der Waals surface area contributed by atoms with E-state index in [1.165, 1.54) is 7.11 Å². The highest BCUT2D eigenvalue weighted by Crippen LogP contribution is 2.49. The van der Waals surface area contributed by atoms with Gasteiger partial charge in [-0.2, -0.15) is 0 Å². The highest BCUT2D eigenvalue weighted by molar-refractivity contribution is 7.12. The van der Waals surface area contributed by atoms with Crippen LogP contribution in [0.15, 0.2) is 59.9 Å². The monoisotopic (exact) mass is 427 g/mol. The van der Waals surface area contributed by atoms with Crippen LogP contribution in [0.5, 0.6) is 0 Å². The van der Waals surface area contributed by atoms with E-state index >= 15 is 0 Å². The molecule has 1 aromatic carbocycles. The van der Waals surface area contributed by atoms with Crippen LogP contribution in [0.25, 0.3) is 0 Å². The first-order valence-corrected chi connectivity index (χ1v) is 10.7. The van der Waals surface area contributed by atoms with E-state index in [2.05, 4.69) is 11.9 Å². The third-order valence-electron chi connectivity index (χ3n) is 5.71. The maximum Gasteiger partial charge on any atom is 0.315 e. The van der Waals surface area contributed by atoms with E-state index in [1.807, 2.05) is 43.3 Å². The minimum Gasteiger partial charge on any atom is -0.468 e. The SMILES string of the molecule is C=C1NC2=C(C(=O)CC(c3ccccc3Cl)C2)C(c2ccc(C)s2)C1C(=O)OC. The Kier molecular flexibility index (Phi) is 5.36. The molecule has 1 N–H and O–H groups in total. The highest BCUT2D eigenvalue weighted by Gasteiger charge is 2.45. The van der Waals surface area contributed by atoms with Crippen LogP contribution >= 0.6 is 22.9 Å². The summed E-state index contributed by atoms with van der Waals surface area (Å²) in [6.45, 7) is 6.12. The lowest BCUT2D eigenvalue weighted by Gasteiger charge is -2.39. The van der Waals surface area contributed by atoms with Gasteiger partial charge in [-0.1, -0.05) is 36.4 Å². The number of methoxy groups -OCH3 is 1. The van der Waals surface area contributed by atoms with Crippen molar-refractivity contribution >= 4 is 34.7 Å². The Labute approximate surface area is 179 Å². The van der Waals surface area contributed by atoms with Crippen molar-refractivity contribution in [3.8, 4) is 0 Å². The van der Waals surface area contributed by atoms with Crippen molar-refractivity contribution in [3.05, 3.63) is 80.3 Å². The third-order valence-corrected chi connectivity index (χ3v) is 7.13. The summed E-state index contributed by atoms with van der Waals surface area (Å²) >= 11 is 8.00. The van der Waals surface area contributed by atoms with E-state index in [0.29, 0.717) is 29.1 Å². The molecule has 3 unspecified atom stereocenters. The van der Waals surface area contributed by atoms with Gasteiger partial charge >= 0.3 is 5.97 Å². The number of halogens is 1. The van der Waals surface area contributed by atoms with Gasteiger partial charge < -0.3 is 10.1 Å². The van der Waals surface area contributed by atoms with Gasteiger partial charge in [-0.3, -0.25) is 9.59 Å². The number of esters is 1. The number of rotatable bonds is 3. The van der Waals surface area contributed by atoms with E-state index in [1.54, 1.807) is 11.3 Å². The molecule has 1 aromatic heterocycles. The smallest absolute Gasteiger partial charge is 0.315 e. The van der Waals surface area contributed by atoms with Gasteiger partial charge in [0, 0.05) is 44.1 Å². The topological polar surface area (TPSA) is 55.4 Å². The van der Waals surface area contributed by atoms with E-state index in [9.17, 15) is 9.59 Å². The van der Waals surface area contributed by atoms with E-state index in [4.69, 9.17) is 16.3 Å². The van der Waals surface area contributed by atoms with Crippen LogP contribution in [-0.4, -0.2) is 18.9 Å². The zero-order valence-corrected chi connectivity index (χ0v) is 17.9. The van der Waals surface area contributed by atoms with Gasteiger partial charge in [-0.05, 0) is 43.0 Å². The molecule has 0 amide bonds. The Hall–Kier alpha value is -2.37. The van der Waals surface area contributed by atoms with Gasteiger partial charge in [0.05, 0.1) is 7.11 Å². The van der Waals surface area contributed by atoms with Crippen molar-refractivity contribution < 1.29 is 14.3 Å². The molecular weight excluding hydrogens is 406 g/mol. The molecule has 2 heterocycles. The molecule has 0 bridgehead atoms. The standard InChI is InChI=1S/C23H22ClNO3S/c1-12-8-9-19(29-12)22-20(23(27)28-3)13(2)25-17-10-14(11-18(26)21(17)22)15-6-4-5-7-16(15)24/h4-9,14,20,22,25H,2,10-11H2,1,3H3. The lowest BCUT2D eigenvalue weighted by atomic mass is 9.71. The van der Waals surface area contributed by atoms with Crippen molar-refractivity contribution in [2.24, 2.45) is 5.92 Å². The molecule has 150 valence electrons. The number of nitrogens with one attached hydrogen (secondary N) is 1. The summed E-state index contributed by atoms with van der Waals surface area (Å²) in [5.41, 5.74) is 3.06. The van der Waals surface area contributed by atoms with Gasteiger partial charge in [0.2, 0.25) is 0 Å². The second-order valence-corrected chi connectivity index (χ2v) is 9.25. The number of hydrogen-bond acceptors (Lipinski definition) is 5. The van der Waals surface area contributed by atoms with Crippen LogP contribution in [0.3, 0.4) is 0 Å². The van der Waals surface area contributed by atoms with Crippen molar-refractivity contribution in [2.45, 2.75) is 31.6 Å². The molecule has 4 rings (SSSR count). The summed E-state index contributed by atoms with van der Waals surface area (Å²) in [6.07, 6.45) is 1.02. The Morgan fingerprint density at radius 3 is 2.66 bits per heavy atom. The second-order valence-electron chi connectivity index (χ2n) is 7.52. The first-order chi connectivity index (χ1) is 13.9. The van der Waals surface area contributed by atoms with Crippen molar-refractivity contribution in [1.82, 2.24) is 5.32 Å². The zero-order chi connectivity index (χ0) is 20.7. The predicted octanol–water partition coefficient (Wildman–Crippen LogP) is 5.10. The number of allylic oxidation sites excluding steroid dienone is 2. The van der Waals surface area contributed by atoms with Gasteiger partial charge in [0.25, 0.3) is 0 Å². The number of ketones is 1. The zero-order valence-electron chi connectivity index (χ0n) is 16.3. The number of carbonyl (C=O) groups is 2. The lowest BCUT2D eigenvalue weighted by Crippen LogP contribution is -2.41. The highest BCUT2D eigenvalue weighted by atomic mass is 35.5. The number of Topliss-reactive ketones (excluding diaryl/α,β-unsaturated/α-hetero) is 1. The number of hydrogen-bond donors (Lipinski definition) is 1. The van der Waals surface area contributed by atoms with Crippen molar-refractivity contribution in [1.29, 1.82) is 0 Å². The van der Waals surface area contributed by atoms with E-state index in [-0.39, 0.29) is 23.6 Å². The van der Waals surface area contributed by atoms with Crippen LogP contribution in [-0.2, 0) is 14.3 Å². The Morgan fingerprint density at radius 2 is 2.00 bits per heavy atom. The summed E-state index contributed by atoms with van der Waals surface area (Å²) in [6, 6.07) is 11.7. The molecule has 6 heteroatoms. The number of thiophene rings is 1. The normalized spacial score (nSPS) is 24.2. The molecule has 0 saturated heterocycles. The molecule has 3 atom stereocenters. The van der Waals surface area contributed by atoms with Crippen LogP contribution in [0.4, 0.5) is 0 Å². The van der Waals surface area contributed by atoms with Crippen LogP contribution in [0, 0.1) is 12.8 Å². The third kappa shape index (κ3) is 3.53. The Morgan fingerprint density at radius 1 is 1.24 bits per heavy atom. The first-order valence-electron chi connectivity index (χ1n) is 9.51. The fourth-order valence-corrected chi connectivity index (χ4v) is 5.72. The fourth-order valence-electron chi connectivity index (χ4n) is 4.41. The van der Waals surface area contributed by atoms with Crippen molar-refractivity contribution in [3.63, 3.8) is 0 Å². The molecule has 0 radical (unpaired) electrons. The Bertz CT molecular complexity index is 1040. The Balaban J connectivity index is 1.80. The molecule has 0 fully saturated rings. The molecule has 0 spiro atoms. The molecule has 29 heavy (non-hydrogen) atoms. The van der Waals surface area contributed by atoms with Crippen LogP contribution in [0.1, 0.15) is 40.0 Å². The number of carbonyl (C=O) groups excluding carboxylic acids is 2. The summed E-state index contributed by atoms with van der Waals surface area (Å²) in [4.78, 5) is 28.1. The maximum atomic E-state index is 13.4. The lowest BCUT2D eigenvalue weighted by molar-refractivity contribution is -0.144. The van der Waals surface area contributed by atoms with Crippen LogP contribution < -0.4 is 5.32 Å². The average Bonchev–Trinajstić information content (AvgIpc) is 3.12. The predicted molar refractivity (Wildman–Crippen MR) is 115 cm³/mol. The number of aryl methyl sites for hydroxylation is 1. The van der Waals surface area contributed by atoms with Crippen LogP contribution in [0.2, 0.25) is 5.02 Å². The molecular formula is C23H22ClNO3S. The van der Waals surface area contributed by atoms with Gasteiger partial charge in [0.1, 0.15) is 5.92 Å². The van der Waals surface area contributed by atoms with E-state index < -0.39 is 5.92 Å².